The van der Waals surface area contributed by atoms with Crippen LogP contribution in [0.25, 0.3) is 0 Å². The van der Waals surface area contributed by atoms with E-state index in [0.29, 0.717) is 29.4 Å². The first-order valence-corrected chi connectivity index (χ1v) is 9.16. The van der Waals surface area contributed by atoms with Gasteiger partial charge in [0.2, 0.25) is 0 Å². The van der Waals surface area contributed by atoms with Gasteiger partial charge in [0.05, 0.1) is 5.56 Å². The molecule has 2 N–H and O–H groups in total. The SMILES string of the molecule is O=C(NNC(=O)C1CCCO1)c1cccnc1SCc1ccc(F)cc1. The van der Waals surface area contributed by atoms with Gasteiger partial charge in [-0.15, -0.1) is 11.8 Å². The number of thioether (sulfide) groups is 1. The van der Waals surface area contributed by atoms with E-state index in [1.54, 1.807) is 30.5 Å². The highest BCUT2D eigenvalue weighted by Crippen LogP contribution is 2.24. The number of hydrogen-bond acceptors (Lipinski definition) is 5. The van der Waals surface area contributed by atoms with Gasteiger partial charge in [-0.25, -0.2) is 9.37 Å². The van der Waals surface area contributed by atoms with Crippen molar-refractivity contribution in [3.8, 4) is 0 Å². The second-order valence-electron chi connectivity index (χ2n) is 5.72. The molecule has 0 saturated carbocycles. The Kier molecular flexibility index (Phi) is 6.19. The van der Waals surface area contributed by atoms with E-state index < -0.39 is 12.0 Å². The summed E-state index contributed by atoms with van der Waals surface area (Å²) in [5.41, 5.74) is 6.06. The largest absolute Gasteiger partial charge is 0.368 e. The van der Waals surface area contributed by atoms with E-state index in [1.165, 1.54) is 23.9 Å². The molecule has 0 spiro atoms. The van der Waals surface area contributed by atoms with Gasteiger partial charge in [-0.1, -0.05) is 12.1 Å². The quantitative estimate of drug-likeness (QED) is 0.620. The summed E-state index contributed by atoms with van der Waals surface area (Å²) in [7, 11) is 0. The molecule has 3 rings (SSSR count). The van der Waals surface area contributed by atoms with Crippen molar-refractivity contribution in [2.24, 2.45) is 0 Å². The van der Waals surface area contributed by atoms with Crippen molar-refractivity contribution in [2.75, 3.05) is 6.61 Å². The van der Waals surface area contributed by atoms with Crippen LogP contribution < -0.4 is 10.9 Å². The van der Waals surface area contributed by atoms with E-state index in [0.717, 1.165) is 12.0 Å². The molecule has 6 nitrogen and oxygen atoms in total. The Morgan fingerprint density at radius 3 is 2.77 bits per heavy atom. The monoisotopic (exact) mass is 375 g/mol. The topological polar surface area (TPSA) is 80.3 Å². The molecule has 8 heteroatoms. The third-order valence-electron chi connectivity index (χ3n) is 3.83. The molecule has 2 heterocycles. The number of hydrogen-bond donors (Lipinski definition) is 2. The summed E-state index contributed by atoms with van der Waals surface area (Å²) in [5.74, 6) is -0.565. The number of nitrogens with one attached hydrogen (secondary N) is 2. The molecule has 26 heavy (non-hydrogen) atoms. The van der Waals surface area contributed by atoms with Crippen molar-refractivity contribution in [3.05, 3.63) is 59.5 Å². The van der Waals surface area contributed by atoms with Crippen LogP contribution in [-0.4, -0.2) is 29.5 Å². The number of nitrogens with zero attached hydrogens (tertiary/aromatic N) is 1. The van der Waals surface area contributed by atoms with E-state index in [1.807, 2.05) is 0 Å². The molecule has 1 aliphatic heterocycles. The fourth-order valence-corrected chi connectivity index (χ4v) is 3.41. The van der Waals surface area contributed by atoms with Gasteiger partial charge in [0, 0.05) is 18.6 Å². The molecule has 1 aromatic carbocycles. The summed E-state index contributed by atoms with van der Waals surface area (Å²) in [5, 5.41) is 0.528. The molecular formula is C18H18FN3O3S. The fourth-order valence-electron chi connectivity index (χ4n) is 2.46. The number of hydrazine groups is 1. The first-order chi connectivity index (χ1) is 12.6. The van der Waals surface area contributed by atoms with Crippen molar-refractivity contribution in [2.45, 2.75) is 29.7 Å². The molecule has 0 radical (unpaired) electrons. The van der Waals surface area contributed by atoms with Crippen molar-refractivity contribution >= 4 is 23.6 Å². The minimum Gasteiger partial charge on any atom is -0.368 e. The van der Waals surface area contributed by atoms with Gasteiger partial charge >= 0.3 is 0 Å². The van der Waals surface area contributed by atoms with Gasteiger partial charge in [0.1, 0.15) is 16.9 Å². The van der Waals surface area contributed by atoms with Gasteiger partial charge in [0.15, 0.2) is 0 Å². The van der Waals surface area contributed by atoms with E-state index >= 15 is 0 Å². The number of benzene rings is 1. The summed E-state index contributed by atoms with van der Waals surface area (Å²) >= 11 is 1.36. The Morgan fingerprint density at radius 2 is 2.04 bits per heavy atom. The summed E-state index contributed by atoms with van der Waals surface area (Å²) < 4.78 is 18.2. The lowest BCUT2D eigenvalue weighted by atomic mass is 10.2. The highest BCUT2D eigenvalue weighted by atomic mass is 32.2. The molecule has 0 aliphatic carbocycles. The number of carbonyl (C=O) groups excluding carboxylic acids is 2. The van der Waals surface area contributed by atoms with Crippen LogP contribution in [0.3, 0.4) is 0 Å². The Labute approximate surface area is 154 Å². The number of amides is 2. The molecular weight excluding hydrogens is 357 g/mol. The minimum absolute atomic E-state index is 0.293. The zero-order valence-electron chi connectivity index (χ0n) is 13.9. The lowest BCUT2D eigenvalue weighted by Crippen LogP contribution is -2.46. The molecule has 1 atom stereocenters. The summed E-state index contributed by atoms with van der Waals surface area (Å²) in [6.07, 6.45) is 2.55. The minimum atomic E-state index is -0.517. The van der Waals surface area contributed by atoms with Gasteiger partial charge in [-0.2, -0.15) is 0 Å². The van der Waals surface area contributed by atoms with Crippen molar-refractivity contribution < 1.29 is 18.7 Å². The zero-order valence-corrected chi connectivity index (χ0v) is 14.7. The molecule has 1 fully saturated rings. The maximum absolute atomic E-state index is 13.0. The Bertz CT molecular complexity index is 780. The summed E-state index contributed by atoms with van der Waals surface area (Å²) in [6.45, 7) is 0.554. The Balaban J connectivity index is 1.59. The normalized spacial score (nSPS) is 16.3. The third kappa shape index (κ3) is 4.80. The van der Waals surface area contributed by atoms with Crippen LogP contribution in [0.4, 0.5) is 4.39 Å². The highest BCUT2D eigenvalue weighted by Gasteiger charge is 2.24. The molecule has 0 bridgehead atoms. The van der Waals surface area contributed by atoms with Gasteiger partial charge < -0.3 is 4.74 Å². The highest BCUT2D eigenvalue weighted by molar-refractivity contribution is 7.98. The second-order valence-corrected chi connectivity index (χ2v) is 6.68. The third-order valence-corrected chi connectivity index (χ3v) is 4.90. The number of pyridine rings is 1. The van der Waals surface area contributed by atoms with Crippen LogP contribution in [0.15, 0.2) is 47.6 Å². The second kappa shape index (κ2) is 8.77. The van der Waals surface area contributed by atoms with Gasteiger partial charge in [0.25, 0.3) is 11.8 Å². The van der Waals surface area contributed by atoms with E-state index in [-0.39, 0.29) is 11.7 Å². The lowest BCUT2D eigenvalue weighted by Gasteiger charge is -2.12. The molecule has 2 amide bonds. The van der Waals surface area contributed by atoms with Gasteiger partial charge in [-0.05, 0) is 42.7 Å². The first-order valence-electron chi connectivity index (χ1n) is 8.17. The molecule has 1 unspecified atom stereocenters. The summed E-state index contributed by atoms with van der Waals surface area (Å²) in [4.78, 5) is 28.5. The number of carbonyl (C=O) groups is 2. The predicted molar refractivity (Wildman–Crippen MR) is 94.8 cm³/mol. The molecule has 2 aromatic rings. The molecule has 1 aromatic heterocycles. The zero-order chi connectivity index (χ0) is 18.4. The predicted octanol–water partition coefficient (Wildman–Crippen LogP) is 2.45. The summed E-state index contributed by atoms with van der Waals surface area (Å²) in [6, 6.07) is 9.44. The fraction of sp³-hybridized carbons (Fsp3) is 0.278. The van der Waals surface area contributed by atoms with Crippen LogP contribution >= 0.6 is 11.8 Å². The Morgan fingerprint density at radius 1 is 1.23 bits per heavy atom. The van der Waals surface area contributed by atoms with Gasteiger partial charge in [-0.3, -0.25) is 20.4 Å². The Hall–Kier alpha value is -2.45. The number of ether oxygens (including phenoxy) is 1. The van der Waals surface area contributed by atoms with E-state index in [2.05, 4.69) is 15.8 Å². The molecule has 136 valence electrons. The number of aromatic nitrogens is 1. The lowest BCUT2D eigenvalue weighted by molar-refractivity contribution is -0.130. The molecule has 1 aliphatic rings. The number of halogens is 1. The van der Waals surface area contributed by atoms with E-state index in [9.17, 15) is 14.0 Å². The van der Waals surface area contributed by atoms with Crippen molar-refractivity contribution in [3.63, 3.8) is 0 Å². The van der Waals surface area contributed by atoms with Crippen LogP contribution in [0, 0.1) is 5.82 Å². The smallest absolute Gasteiger partial charge is 0.272 e. The van der Waals surface area contributed by atoms with Crippen LogP contribution in [0.1, 0.15) is 28.8 Å². The maximum Gasteiger partial charge on any atom is 0.272 e. The first kappa shape index (κ1) is 18.3. The number of rotatable bonds is 5. The standard InChI is InChI=1S/C18H18FN3O3S/c19-13-7-5-12(6-8-13)11-26-18-14(3-1-9-20-18)16(23)21-22-17(24)15-4-2-10-25-15/h1,3,5-9,15H,2,4,10-11H2,(H,21,23)(H,22,24). The van der Waals surface area contributed by atoms with Crippen LogP contribution in [0.2, 0.25) is 0 Å². The van der Waals surface area contributed by atoms with Crippen LogP contribution in [0.5, 0.6) is 0 Å². The van der Waals surface area contributed by atoms with Crippen molar-refractivity contribution in [1.82, 2.24) is 15.8 Å². The maximum atomic E-state index is 13.0. The van der Waals surface area contributed by atoms with Crippen LogP contribution in [-0.2, 0) is 15.3 Å². The van der Waals surface area contributed by atoms with Crippen molar-refractivity contribution in [1.29, 1.82) is 0 Å². The molecule has 1 saturated heterocycles. The average molecular weight is 375 g/mol. The average Bonchev–Trinajstić information content (AvgIpc) is 3.20. The van der Waals surface area contributed by atoms with E-state index in [4.69, 9.17) is 4.74 Å².